The van der Waals surface area contributed by atoms with Crippen molar-refractivity contribution in [1.29, 1.82) is 0 Å². The van der Waals surface area contributed by atoms with Gasteiger partial charge in [0.15, 0.2) is 0 Å². The summed E-state index contributed by atoms with van der Waals surface area (Å²) in [5.41, 5.74) is 6.81. The number of benzene rings is 1. The smallest absolute Gasteiger partial charge is 0.251 e. The van der Waals surface area contributed by atoms with Crippen LogP contribution in [-0.4, -0.2) is 35.9 Å². The van der Waals surface area contributed by atoms with E-state index in [1.807, 2.05) is 13.8 Å². The van der Waals surface area contributed by atoms with Crippen molar-refractivity contribution in [3.05, 3.63) is 29.3 Å². The van der Waals surface area contributed by atoms with E-state index in [0.717, 1.165) is 5.56 Å². The first-order valence-electron chi connectivity index (χ1n) is 6.41. The number of ether oxygens (including phenoxy) is 1. The predicted octanol–water partition coefficient (Wildman–Crippen LogP) is 0.847. The Hall–Kier alpha value is -1.59. The minimum absolute atomic E-state index is 0.191. The Labute approximate surface area is 112 Å². The number of amides is 1. The number of nitrogen functional groups attached to an aromatic ring is 1. The Bertz CT molecular complexity index is 490. The minimum atomic E-state index is -0.974. The quantitative estimate of drug-likeness (QED) is 0.706. The van der Waals surface area contributed by atoms with Crippen molar-refractivity contribution in [1.82, 2.24) is 5.32 Å². The van der Waals surface area contributed by atoms with E-state index in [0.29, 0.717) is 24.3 Å². The van der Waals surface area contributed by atoms with Gasteiger partial charge in [0.1, 0.15) is 5.60 Å². The van der Waals surface area contributed by atoms with Gasteiger partial charge in [0.2, 0.25) is 0 Å². The van der Waals surface area contributed by atoms with Crippen LogP contribution in [0.4, 0.5) is 5.69 Å². The van der Waals surface area contributed by atoms with Crippen molar-refractivity contribution < 1.29 is 14.6 Å². The first kappa shape index (κ1) is 13.8. The molecule has 0 radical (unpaired) electrons. The summed E-state index contributed by atoms with van der Waals surface area (Å²) >= 11 is 0. The van der Waals surface area contributed by atoms with E-state index in [9.17, 15) is 9.90 Å². The van der Waals surface area contributed by atoms with Crippen LogP contribution < -0.4 is 11.1 Å². The standard InChI is InChI=1S/C14H20N2O3/c1-9-7-11(3-4-12(9)15)13(17)16-8-14(18)5-6-19-10(14)2/h3-4,7,10,18H,5-6,8,15H2,1-2H3,(H,16,17). The Morgan fingerprint density at radius 3 is 2.95 bits per heavy atom. The highest BCUT2D eigenvalue weighted by atomic mass is 16.5. The topological polar surface area (TPSA) is 84.6 Å². The van der Waals surface area contributed by atoms with Crippen LogP contribution in [-0.2, 0) is 4.74 Å². The SMILES string of the molecule is Cc1cc(C(=O)NCC2(O)CCOC2C)ccc1N. The lowest BCUT2D eigenvalue weighted by Crippen LogP contribution is -2.47. The fourth-order valence-electron chi connectivity index (χ4n) is 2.16. The van der Waals surface area contributed by atoms with E-state index in [1.165, 1.54) is 0 Å². The van der Waals surface area contributed by atoms with Gasteiger partial charge in [-0.2, -0.15) is 0 Å². The molecule has 0 saturated carbocycles. The van der Waals surface area contributed by atoms with Gasteiger partial charge in [0.25, 0.3) is 5.91 Å². The molecule has 104 valence electrons. The maximum absolute atomic E-state index is 12.0. The summed E-state index contributed by atoms with van der Waals surface area (Å²) in [4.78, 5) is 12.0. The second-order valence-corrected chi connectivity index (χ2v) is 5.12. The van der Waals surface area contributed by atoms with Crippen LogP contribution in [0.25, 0.3) is 0 Å². The van der Waals surface area contributed by atoms with E-state index >= 15 is 0 Å². The van der Waals surface area contributed by atoms with E-state index < -0.39 is 5.60 Å². The highest BCUT2D eigenvalue weighted by Gasteiger charge is 2.39. The van der Waals surface area contributed by atoms with Crippen LogP contribution in [0.2, 0.25) is 0 Å². The average Bonchev–Trinajstić information content (AvgIpc) is 2.71. The molecule has 5 heteroatoms. The van der Waals surface area contributed by atoms with Crippen LogP contribution in [0.15, 0.2) is 18.2 Å². The third-order valence-electron chi connectivity index (χ3n) is 3.75. The summed E-state index contributed by atoms with van der Waals surface area (Å²) < 4.78 is 5.32. The van der Waals surface area contributed by atoms with Gasteiger partial charge < -0.3 is 20.9 Å². The highest BCUT2D eigenvalue weighted by molar-refractivity contribution is 5.94. The van der Waals surface area contributed by atoms with E-state index in [-0.39, 0.29) is 18.6 Å². The number of anilines is 1. The van der Waals surface area contributed by atoms with Crippen molar-refractivity contribution in [3.63, 3.8) is 0 Å². The monoisotopic (exact) mass is 264 g/mol. The predicted molar refractivity (Wildman–Crippen MR) is 72.9 cm³/mol. The number of hydrogen-bond donors (Lipinski definition) is 3. The molecule has 19 heavy (non-hydrogen) atoms. The van der Waals surface area contributed by atoms with Crippen LogP contribution in [0.3, 0.4) is 0 Å². The van der Waals surface area contributed by atoms with Crippen molar-refractivity contribution in [2.45, 2.75) is 32.0 Å². The molecular formula is C14H20N2O3. The molecule has 0 bridgehead atoms. The summed E-state index contributed by atoms with van der Waals surface area (Å²) in [6.07, 6.45) is 0.274. The summed E-state index contributed by atoms with van der Waals surface area (Å²) in [5.74, 6) is -0.212. The van der Waals surface area contributed by atoms with Gasteiger partial charge in [0.05, 0.1) is 6.10 Å². The van der Waals surface area contributed by atoms with Crippen LogP contribution in [0, 0.1) is 6.92 Å². The third kappa shape index (κ3) is 2.88. The van der Waals surface area contributed by atoms with E-state index in [4.69, 9.17) is 10.5 Å². The Balaban J connectivity index is 1.99. The summed E-state index contributed by atoms with van der Waals surface area (Å²) in [6.45, 7) is 4.38. The van der Waals surface area contributed by atoms with E-state index in [1.54, 1.807) is 18.2 Å². The third-order valence-corrected chi connectivity index (χ3v) is 3.75. The molecule has 2 rings (SSSR count). The second-order valence-electron chi connectivity index (χ2n) is 5.12. The molecule has 1 fully saturated rings. The molecule has 1 aliphatic rings. The zero-order valence-corrected chi connectivity index (χ0v) is 11.3. The van der Waals surface area contributed by atoms with Crippen molar-refractivity contribution in [3.8, 4) is 0 Å². The maximum Gasteiger partial charge on any atom is 0.251 e. The Kier molecular flexibility index (Phi) is 3.78. The number of nitrogens with one attached hydrogen (secondary N) is 1. The van der Waals surface area contributed by atoms with Crippen LogP contribution in [0.5, 0.6) is 0 Å². The summed E-state index contributed by atoms with van der Waals surface area (Å²) in [5, 5.41) is 13.0. The molecule has 4 N–H and O–H groups in total. The zero-order chi connectivity index (χ0) is 14.0. The number of nitrogens with two attached hydrogens (primary N) is 1. The number of carbonyl (C=O) groups excluding carboxylic acids is 1. The number of hydrogen-bond acceptors (Lipinski definition) is 4. The molecule has 1 aliphatic heterocycles. The zero-order valence-electron chi connectivity index (χ0n) is 11.3. The lowest BCUT2D eigenvalue weighted by atomic mass is 9.96. The lowest BCUT2D eigenvalue weighted by Gasteiger charge is -2.26. The van der Waals surface area contributed by atoms with Crippen molar-refractivity contribution in [2.75, 3.05) is 18.9 Å². The number of aliphatic hydroxyl groups is 1. The van der Waals surface area contributed by atoms with Gasteiger partial charge in [0, 0.05) is 30.8 Å². The Morgan fingerprint density at radius 1 is 1.63 bits per heavy atom. The normalized spacial score (nSPS) is 26.4. The van der Waals surface area contributed by atoms with Gasteiger partial charge in [-0.3, -0.25) is 4.79 Å². The van der Waals surface area contributed by atoms with Crippen LogP contribution >= 0.6 is 0 Å². The molecule has 2 atom stereocenters. The molecule has 0 aliphatic carbocycles. The first-order chi connectivity index (χ1) is 8.92. The first-order valence-corrected chi connectivity index (χ1v) is 6.41. The number of rotatable bonds is 3. The fraction of sp³-hybridized carbons (Fsp3) is 0.500. The Morgan fingerprint density at radius 2 is 2.37 bits per heavy atom. The number of aryl methyl sites for hydroxylation is 1. The summed E-state index contributed by atoms with van der Waals surface area (Å²) in [7, 11) is 0. The molecule has 1 aromatic rings. The molecule has 5 nitrogen and oxygen atoms in total. The highest BCUT2D eigenvalue weighted by Crippen LogP contribution is 2.24. The average molecular weight is 264 g/mol. The maximum atomic E-state index is 12.0. The second kappa shape index (κ2) is 5.19. The molecule has 1 amide bonds. The molecule has 0 spiro atoms. The number of carbonyl (C=O) groups is 1. The summed E-state index contributed by atoms with van der Waals surface area (Å²) in [6, 6.07) is 5.12. The molecule has 1 saturated heterocycles. The molecular weight excluding hydrogens is 244 g/mol. The lowest BCUT2D eigenvalue weighted by molar-refractivity contribution is -0.0251. The van der Waals surface area contributed by atoms with Crippen LogP contribution in [0.1, 0.15) is 29.3 Å². The largest absolute Gasteiger partial charge is 0.399 e. The van der Waals surface area contributed by atoms with Crippen molar-refractivity contribution in [2.24, 2.45) is 0 Å². The fourth-order valence-corrected chi connectivity index (χ4v) is 2.16. The minimum Gasteiger partial charge on any atom is -0.399 e. The van der Waals surface area contributed by atoms with Gasteiger partial charge in [-0.25, -0.2) is 0 Å². The van der Waals surface area contributed by atoms with E-state index in [2.05, 4.69) is 5.32 Å². The van der Waals surface area contributed by atoms with Gasteiger partial charge in [-0.15, -0.1) is 0 Å². The molecule has 0 aromatic heterocycles. The molecule has 1 aromatic carbocycles. The van der Waals surface area contributed by atoms with Crippen molar-refractivity contribution >= 4 is 11.6 Å². The molecule has 1 heterocycles. The molecule has 2 unspecified atom stereocenters. The van der Waals surface area contributed by atoms with Gasteiger partial charge in [-0.05, 0) is 37.6 Å². The van der Waals surface area contributed by atoms with Gasteiger partial charge in [-0.1, -0.05) is 0 Å². The van der Waals surface area contributed by atoms with Gasteiger partial charge >= 0.3 is 0 Å².